The Balaban J connectivity index is 1.90. The number of methoxy groups -OCH3 is 1. The molecule has 0 bridgehead atoms. The van der Waals surface area contributed by atoms with Gasteiger partial charge in [-0.15, -0.1) is 0 Å². The van der Waals surface area contributed by atoms with E-state index in [1.54, 1.807) is 13.3 Å². The molecule has 0 aliphatic rings. The molecule has 1 aromatic heterocycles. The molecule has 3 aromatic rings. The molecule has 104 valence electrons. The monoisotopic (exact) mass is 276 g/mol. The number of hydrogen-bond donors (Lipinski definition) is 0. The lowest BCUT2D eigenvalue weighted by atomic mass is 10.2. The van der Waals surface area contributed by atoms with Crippen LogP contribution < -0.4 is 4.74 Å². The van der Waals surface area contributed by atoms with Crippen molar-refractivity contribution in [3.8, 4) is 5.75 Å². The van der Waals surface area contributed by atoms with Gasteiger partial charge in [-0.05, 0) is 30.7 Å². The molecule has 0 N–H and O–H groups in total. The highest BCUT2D eigenvalue weighted by Gasteiger charge is 1.99. The Kier molecular flexibility index (Phi) is 3.65. The first-order chi connectivity index (χ1) is 10.3. The quantitative estimate of drug-likeness (QED) is 0.668. The molecule has 0 amide bonds. The van der Waals surface area contributed by atoms with E-state index >= 15 is 0 Å². The fraction of sp³-hybridized carbons (Fsp3) is 0.111. The first-order valence-corrected chi connectivity index (χ1v) is 6.81. The van der Waals surface area contributed by atoms with E-state index in [9.17, 15) is 0 Å². The van der Waals surface area contributed by atoms with Gasteiger partial charge in [0.05, 0.1) is 30.2 Å². The first-order valence-electron chi connectivity index (χ1n) is 6.81. The Hall–Kier alpha value is -2.68. The van der Waals surface area contributed by atoms with E-state index in [1.807, 2.05) is 55.5 Å². The zero-order valence-electron chi connectivity index (χ0n) is 12.1. The summed E-state index contributed by atoms with van der Waals surface area (Å²) in [6.07, 6.45) is 1.77. The molecule has 0 radical (unpaired) electrons. The van der Waals surface area contributed by atoms with Crippen molar-refractivity contribution in [2.75, 3.05) is 7.11 Å². The Labute approximate surface area is 123 Å². The minimum Gasteiger partial charge on any atom is -0.496 e. The smallest absolute Gasteiger partial charge is 0.123 e. The van der Waals surface area contributed by atoms with Crippen molar-refractivity contribution < 1.29 is 4.74 Å². The summed E-state index contributed by atoms with van der Waals surface area (Å²) in [5.41, 5.74) is 3.77. The number of aliphatic imine (C=N–C) groups is 1. The average molecular weight is 276 g/mol. The van der Waals surface area contributed by atoms with E-state index < -0.39 is 0 Å². The van der Waals surface area contributed by atoms with Gasteiger partial charge in [0.15, 0.2) is 0 Å². The van der Waals surface area contributed by atoms with E-state index in [4.69, 9.17) is 4.74 Å². The van der Waals surface area contributed by atoms with Crippen LogP contribution in [-0.2, 0) is 0 Å². The topological polar surface area (TPSA) is 34.5 Å². The number of aromatic nitrogens is 1. The van der Waals surface area contributed by atoms with E-state index in [0.29, 0.717) is 0 Å². The molecule has 0 saturated carbocycles. The molecule has 0 aliphatic carbocycles. The van der Waals surface area contributed by atoms with Crippen molar-refractivity contribution in [3.63, 3.8) is 0 Å². The Morgan fingerprint density at radius 1 is 1.05 bits per heavy atom. The van der Waals surface area contributed by atoms with Crippen LogP contribution in [0.2, 0.25) is 0 Å². The van der Waals surface area contributed by atoms with E-state index in [0.717, 1.165) is 33.6 Å². The maximum absolute atomic E-state index is 5.31. The second kappa shape index (κ2) is 5.75. The molecule has 0 unspecified atom stereocenters. The summed E-state index contributed by atoms with van der Waals surface area (Å²) < 4.78 is 5.31. The van der Waals surface area contributed by atoms with Gasteiger partial charge in [-0.25, -0.2) is 4.98 Å². The summed E-state index contributed by atoms with van der Waals surface area (Å²) in [7, 11) is 1.67. The average Bonchev–Trinajstić information content (AvgIpc) is 2.54. The Morgan fingerprint density at radius 2 is 1.90 bits per heavy atom. The third-order valence-electron chi connectivity index (χ3n) is 3.36. The van der Waals surface area contributed by atoms with Crippen molar-refractivity contribution in [2.24, 2.45) is 4.99 Å². The maximum atomic E-state index is 5.31. The van der Waals surface area contributed by atoms with Crippen molar-refractivity contribution in [2.45, 2.75) is 6.92 Å². The van der Waals surface area contributed by atoms with Crippen LogP contribution in [-0.4, -0.2) is 18.3 Å². The summed E-state index contributed by atoms with van der Waals surface area (Å²) in [5, 5.41) is 1.13. The standard InChI is InChI=1S/C18H16N2O/c1-13-7-9-15(11-18(13)21-2)19-12-16-10-8-14-5-3-4-6-17(14)20-16/h3-12H,1-2H3. The minimum absolute atomic E-state index is 0.841. The second-order valence-corrected chi connectivity index (χ2v) is 4.84. The number of hydrogen-bond acceptors (Lipinski definition) is 3. The number of pyridine rings is 1. The first kappa shape index (κ1) is 13.3. The number of aryl methyl sites for hydroxylation is 1. The second-order valence-electron chi connectivity index (χ2n) is 4.84. The minimum atomic E-state index is 0.841. The lowest BCUT2D eigenvalue weighted by Crippen LogP contribution is -1.88. The van der Waals surface area contributed by atoms with Crippen LogP contribution in [0, 0.1) is 6.92 Å². The predicted octanol–water partition coefficient (Wildman–Crippen LogP) is 4.30. The summed E-state index contributed by atoms with van der Waals surface area (Å²) in [6.45, 7) is 2.01. The van der Waals surface area contributed by atoms with Crippen LogP contribution in [0.4, 0.5) is 5.69 Å². The highest BCUT2D eigenvalue weighted by Crippen LogP contribution is 2.24. The number of rotatable bonds is 3. The van der Waals surface area contributed by atoms with Crippen LogP contribution in [0.25, 0.3) is 10.9 Å². The molecule has 0 saturated heterocycles. The van der Waals surface area contributed by atoms with Gasteiger partial charge in [-0.3, -0.25) is 4.99 Å². The van der Waals surface area contributed by atoms with Gasteiger partial charge >= 0.3 is 0 Å². The molecule has 21 heavy (non-hydrogen) atoms. The van der Waals surface area contributed by atoms with Crippen LogP contribution in [0.5, 0.6) is 5.75 Å². The number of fused-ring (bicyclic) bond motifs is 1. The number of para-hydroxylation sites is 1. The largest absolute Gasteiger partial charge is 0.496 e. The van der Waals surface area contributed by atoms with Gasteiger partial charge in [0, 0.05) is 11.5 Å². The van der Waals surface area contributed by atoms with E-state index in [1.165, 1.54) is 0 Å². The van der Waals surface area contributed by atoms with Crippen molar-refractivity contribution in [1.29, 1.82) is 0 Å². The molecule has 0 fully saturated rings. The van der Waals surface area contributed by atoms with Crippen molar-refractivity contribution in [1.82, 2.24) is 4.98 Å². The fourth-order valence-corrected chi connectivity index (χ4v) is 2.18. The predicted molar refractivity (Wildman–Crippen MR) is 86.7 cm³/mol. The van der Waals surface area contributed by atoms with Gasteiger partial charge in [-0.2, -0.15) is 0 Å². The van der Waals surface area contributed by atoms with Crippen LogP contribution in [0.3, 0.4) is 0 Å². The Bertz CT molecular complexity index is 809. The molecule has 0 spiro atoms. The number of ether oxygens (including phenoxy) is 1. The van der Waals surface area contributed by atoms with Crippen molar-refractivity contribution in [3.05, 3.63) is 65.9 Å². The zero-order chi connectivity index (χ0) is 14.7. The van der Waals surface area contributed by atoms with Gasteiger partial charge in [0.25, 0.3) is 0 Å². The normalized spacial score (nSPS) is 11.1. The molecule has 3 heteroatoms. The molecular formula is C18H16N2O. The highest BCUT2D eigenvalue weighted by molar-refractivity contribution is 5.86. The van der Waals surface area contributed by atoms with Crippen molar-refractivity contribution >= 4 is 22.8 Å². The molecule has 1 heterocycles. The molecule has 3 rings (SSSR count). The summed E-state index contributed by atoms with van der Waals surface area (Å²) in [4.78, 5) is 9.04. The third-order valence-corrected chi connectivity index (χ3v) is 3.36. The van der Waals surface area contributed by atoms with Gasteiger partial charge in [-0.1, -0.05) is 30.3 Å². The lowest BCUT2D eigenvalue weighted by Gasteiger charge is -2.04. The summed E-state index contributed by atoms with van der Waals surface area (Å²) >= 11 is 0. The Morgan fingerprint density at radius 3 is 2.76 bits per heavy atom. The summed E-state index contributed by atoms with van der Waals surface area (Å²) in [5.74, 6) is 0.844. The highest BCUT2D eigenvalue weighted by atomic mass is 16.5. The molecule has 3 nitrogen and oxygen atoms in total. The summed E-state index contributed by atoms with van der Waals surface area (Å²) in [6, 6.07) is 18.0. The van der Waals surface area contributed by atoms with Gasteiger partial charge in [0.2, 0.25) is 0 Å². The molecule has 0 atom stereocenters. The van der Waals surface area contributed by atoms with E-state index in [-0.39, 0.29) is 0 Å². The van der Waals surface area contributed by atoms with Gasteiger partial charge < -0.3 is 4.74 Å². The fourth-order valence-electron chi connectivity index (χ4n) is 2.18. The number of benzene rings is 2. The maximum Gasteiger partial charge on any atom is 0.123 e. The molecular weight excluding hydrogens is 260 g/mol. The molecule has 2 aromatic carbocycles. The molecule has 0 aliphatic heterocycles. The van der Waals surface area contributed by atoms with Gasteiger partial charge in [0.1, 0.15) is 5.75 Å². The van der Waals surface area contributed by atoms with Crippen LogP contribution >= 0.6 is 0 Å². The van der Waals surface area contributed by atoms with E-state index in [2.05, 4.69) is 16.0 Å². The lowest BCUT2D eigenvalue weighted by molar-refractivity contribution is 0.412. The number of nitrogens with zero attached hydrogens (tertiary/aromatic N) is 2. The van der Waals surface area contributed by atoms with Crippen LogP contribution in [0.15, 0.2) is 59.6 Å². The van der Waals surface area contributed by atoms with Crippen LogP contribution in [0.1, 0.15) is 11.3 Å². The zero-order valence-corrected chi connectivity index (χ0v) is 12.1. The third kappa shape index (κ3) is 2.92. The SMILES string of the molecule is COc1cc(N=Cc2ccc3ccccc3n2)ccc1C.